The molecule has 0 saturated carbocycles. The lowest BCUT2D eigenvalue weighted by molar-refractivity contribution is 0.0951. The quantitative estimate of drug-likeness (QED) is 0.606. The summed E-state index contributed by atoms with van der Waals surface area (Å²) in [7, 11) is 0. The first-order valence-electron chi connectivity index (χ1n) is 7.71. The molecule has 0 unspecified atom stereocenters. The number of pyridine rings is 1. The molecule has 0 aliphatic rings. The van der Waals surface area contributed by atoms with Crippen molar-refractivity contribution in [1.29, 1.82) is 0 Å². The van der Waals surface area contributed by atoms with E-state index >= 15 is 0 Å². The molecule has 0 bridgehead atoms. The van der Waals surface area contributed by atoms with Gasteiger partial charge in [0, 0.05) is 24.0 Å². The zero-order valence-corrected chi connectivity index (χ0v) is 13.4. The second kappa shape index (κ2) is 8.08. The minimum Gasteiger partial charge on any atom is -0.354 e. The topological polar surface area (TPSA) is 71.1 Å². The largest absolute Gasteiger partial charge is 0.354 e. The van der Waals surface area contributed by atoms with Gasteiger partial charge in [0.25, 0.3) is 5.91 Å². The highest BCUT2D eigenvalue weighted by atomic mass is 16.1. The van der Waals surface area contributed by atoms with Crippen molar-refractivity contribution in [3.05, 3.63) is 53.9 Å². The molecule has 120 valence electrons. The molecule has 0 atom stereocenters. The molecule has 1 aromatic heterocycles. The summed E-state index contributed by atoms with van der Waals surface area (Å²) in [6, 6.07) is 8.96. The Hall–Kier alpha value is -2.69. The van der Waals surface area contributed by atoms with Crippen LogP contribution in [-0.4, -0.2) is 23.2 Å². The minimum atomic E-state index is -0.132. The monoisotopic (exact) mass is 311 g/mol. The molecule has 0 aliphatic carbocycles. The summed E-state index contributed by atoms with van der Waals surface area (Å²) < 4.78 is 0. The first kappa shape index (κ1) is 16.7. The average Bonchev–Trinajstić information content (AvgIpc) is 2.55. The Morgan fingerprint density at radius 3 is 2.61 bits per heavy atom. The van der Waals surface area contributed by atoms with Gasteiger partial charge in [-0.25, -0.2) is 0 Å². The predicted octanol–water partition coefficient (Wildman–Crippen LogP) is 3.56. The van der Waals surface area contributed by atoms with Gasteiger partial charge in [-0.15, -0.1) is 0 Å². The Morgan fingerprint density at radius 1 is 1.09 bits per heavy atom. The number of hydrogen-bond acceptors (Lipinski definition) is 4. The lowest BCUT2D eigenvalue weighted by Crippen LogP contribution is -2.24. The van der Waals surface area contributed by atoms with Crippen LogP contribution in [0.3, 0.4) is 0 Å². The van der Waals surface area contributed by atoms with Crippen molar-refractivity contribution in [2.75, 3.05) is 11.9 Å². The second-order valence-electron chi connectivity index (χ2n) is 5.33. The van der Waals surface area contributed by atoms with Crippen LogP contribution in [-0.2, 0) is 0 Å². The molecule has 1 heterocycles. The molecule has 23 heavy (non-hydrogen) atoms. The number of Topliss-reactive ketones (excluding diaryl/α,β-unsaturated/α-hetero) is 1. The van der Waals surface area contributed by atoms with E-state index in [1.807, 2.05) is 12.1 Å². The van der Waals surface area contributed by atoms with Crippen LogP contribution >= 0.6 is 0 Å². The molecule has 0 spiro atoms. The van der Waals surface area contributed by atoms with Crippen LogP contribution in [0, 0.1) is 0 Å². The Morgan fingerprint density at radius 2 is 1.87 bits per heavy atom. The van der Waals surface area contributed by atoms with E-state index in [1.165, 1.54) is 6.92 Å². The van der Waals surface area contributed by atoms with Crippen molar-refractivity contribution < 1.29 is 9.59 Å². The third kappa shape index (κ3) is 4.92. The molecule has 5 nitrogen and oxygen atoms in total. The van der Waals surface area contributed by atoms with E-state index in [-0.39, 0.29) is 11.7 Å². The standard InChI is InChI=1S/C18H21N3O2/c1-3-4-8-20-18(23)15-10-17(12-19-11-15)21-16-7-5-6-14(9-16)13(2)22/h5-7,9-12,21H,3-4,8H2,1-2H3,(H,20,23). The van der Waals surface area contributed by atoms with Gasteiger partial charge in [-0.05, 0) is 31.5 Å². The number of unbranched alkanes of at least 4 members (excludes halogenated alkanes) is 1. The lowest BCUT2D eigenvalue weighted by Gasteiger charge is -2.09. The molecule has 0 fully saturated rings. The van der Waals surface area contributed by atoms with Gasteiger partial charge < -0.3 is 10.6 Å². The molecule has 2 rings (SSSR count). The van der Waals surface area contributed by atoms with E-state index in [2.05, 4.69) is 22.5 Å². The summed E-state index contributed by atoms with van der Waals surface area (Å²) in [5.41, 5.74) is 2.63. The molecule has 1 amide bonds. The lowest BCUT2D eigenvalue weighted by atomic mass is 10.1. The van der Waals surface area contributed by atoms with Crippen molar-refractivity contribution in [2.45, 2.75) is 26.7 Å². The molecular weight excluding hydrogens is 290 g/mol. The van der Waals surface area contributed by atoms with Gasteiger partial charge in [0.15, 0.2) is 5.78 Å². The van der Waals surface area contributed by atoms with Gasteiger partial charge >= 0.3 is 0 Å². The molecule has 0 saturated heterocycles. The predicted molar refractivity (Wildman–Crippen MR) is 91.2 cm³/mol. The van der Waals surface area contributed by atoms with Gasteiger partial charge in [-0.3, -0.25) is 14.6 Å². The smallest absolute Gasteiger partial charge is 0.252 e. The molecule has 1 aromatic carbocycles. The number of hydrogen-bond donors (Lipinski definition) is 2. The van der Waals surface area contributed by atoms with Crippen LogP contribution < -0.4 is 10.6 Å². The fraction of sp³-hybridized carbons (Fsp3) is 0.278. The molecule has 2 N–H and O–H groups in total. The first-order chi connectivity index (χ1) is 11.1. The van der Waals surface area contributed by atoms with E-state index in [9.17, 15) is 9.59 Å². The van der Waals surface area contributed by atoms with E-state index in [0.29, 0.717) is 23.4 Å². The summed E-state index contributed by atoms with van der Waals surface area (Å²) in [4.78, 5) is 27.6. The summed E-state index contributed by atoms with van der Waals surface area (Å²) >= 11 is 0. The number of benzene rings is 1. The molecular formula is C18H21N3O2. The fourth-order valence-electron chi connectivity index (χ4n) is 2.10. The van der Waals surface area contributed by atoms with Crippen LogP contribution in [0.5, 0.6) is 0 Å². The highest BCUT2D eigenvalue weighted by Crippen LogP contribution is 2.18. The number of amides is 1. The Balaban J connectivity index is 2.09. The maximum Gasteiger partial charge on any atom is 0.252 e. The van der Waals surface area contributed by atoms with Crippen molar-refractivity contribution in [3.8, 4) is 0 Å². The minimum absolute atomic E-state index is 0.0100. The number of carbonyl (C=O) groups is 2. The first-order valence-corrected chi connectivity index (χ1v) is 7.71. The van der Waals surface area contributed by atoms with Gasteiger partial charge in [-0.2, -0.15) is 0 Å². The molecule has 0 radical (unpaired) electrons. The highest BCUT2D eigenvalue weighted by molar-refractivity contribution is 5.96. The third-order valence-electron chi connectivity index (χ3n) is 3.37. The van der Waals surface area contributed by atoms with E-state index in [4.69, 9.17) is 0 Å². The summed E-state index contributed by atoms with van der Waals surface area (Å²) in [6.45, 7) is 4.27. The maximum absolute atomic E-state index is 12.0. The molecule has 0 aliphatic heterocycles. The van der Waals surface area contributed by atoms with Crippen LogP contribution in [0.2, 0.25) is 0 Å². The van der Waals surface area contributed by atoms with Crippen molar-refractivity contribution in [3.63, 3.8) is 0 Å². The van der Waals surface area contributed by atoms with Gasteiger partial charge in [0.2, 0.25) is 0 Å². The van der Waals surface area contributed by atoms with E-state index in [0.717, 1.165) is 18.5 Å². The van der Waals surface area contributed by atoms with Gasteiger partial charge in [0.05, 0.1) is 17.4 Å². The average molecular weight is 311 g/mol. The molecule has 2 aromatic rings. The second-order valence-corrected chi connectivity index (χ2v) is 5.33. The summed E-state index contributed by atoms with van der Waals surface area (Å²) in [6.07, 6.45) is 5.17. The Labute approximate surface area is 136 Å². The number of nitrogens with zero attached hydrogens (tertiary/aromatic N) is 1. The number of anilines is 2. The van der Waals surface area contributed by atoms with Crippen LogP contribution in [0.25, 0.3) is 0 Å². The van der Waals surface area contributed by atoms with Crippen LogP contribution in [0.4, 0.5) is 11.4 Å². The van der Waals surface area contributed by atoms with Gasteiger partial charge in [-0.1, -0.05) is 25.5 Å². The maximum atomic E-state index is 12.0. The van der Waals surface area contributed by atoms with Crippen molar-refractivity contribution in [2.24, 2.45) is 0 Å². The Bertz CT molecular complexity index is 698. The highest BCUT2D eigenvalue weighted by Gasteiger charge is 2.07. The normalized spacial score (nSPS) is 10.2. The number of rotatable bonds is 7. The van der Waals surface area contributed by atoms with E-state index < -0.39 is 0 Å². The third-order valence-corrected chi connectivity index (χ3v) is 3.37. The SMILES string of the molecule is CCCCNC(=O)c1cncc(Nc2cccc(C(C)=O)c2)c1. The summed E-state index contributed by atoms with van der Waals surface area (Å²) in [5.74, 6) is -0.122. The van der Waals surface area contributed by atoms with Crippen LogP contribution in [0.1, 0.15) is 47.4 Å². The van der Waals surface area contributed by atoms with Crippen LogP contribution in [0.15, 0.2) is 42.7 Å². The zero-order chi connectivity index (χ0) is 16.7. The zero-order valence-electron chi connectivity index (χ0n) is 13.4. The number of ketones is 1. The fourth-order valence-corrected chi connectivity index (χ4v) is 2.10. The summed E-state index contributed by atoms with van der Waals surface area (Å²) in [5, 5.41) is 6.03. The van der Waals surface area contributed by atoms with Gasteiger partial charge in [0.1, 0.15) is 0 Å². The van der Waals surface area contributed by atoms with Crippen molar-refractivity contribution >= 4 is 23.1 Å². The number of nitrogens with one attached hydrogen (secondary N) is 2. The van der Waals surface area contributed by atoms with E-state index in [1.54, 1.807) is 30.6 Å². The Kier molecular flexibility index (Phi) is 5.86. The number of carbonyl (C=O) groups excluding carboxylic acids is 2. The van der Waals surface area contributed by atoms with Crippen molar-refractivity contribution in [1.82, 2.24) is 10.3 Å². The number of aromatic nitrogens is 1. The molecule has 5 heteroatoms.